The summed E-state index contributed by atoms with van der Waals surface area (Å²) in [5.41, 5.74) is 19.3. The molecule has 0 spiro atoms. The molecule has 8 heteroatoms. The SMILES string of the molecule is N=Cc1c(C2(CN)CCCCC2)cc(N2CCOCC2)nc1/N=C(N)\C=C/N. The van der Waals surface area contributed by atoms with Gasteiger partial charge in [0.05, 0.1) is 13.2 Å². The van der Waals surface area contributed by atoms with Crippen LogP contribution in [0.25, 0.3) is 0 Å². The molecule has 2 heterocycles. The number of nitrogens with two attached hydrogens (primary N) is 3. The number of aromatic nitrogens is 1. The van der Waals surface area contributed by atoms with Gasteiger partial charge in [0.2, 0.25) is 0 Å². The van der Waals surface area contributed by atoms with Crippen molar-refractivity contribution in [3.05, 3.63) is 29.5 Å². The largest absolute Gasteiger partial charge is 0.404 e. The Morgan fingerprint density at radius 1 is 1.29 bits per heavy atom. The zero-order valence-electron chi connectivity index (χ0n) is 16.4. The normalized spacial score (nSPS) is 20.5. The van der Waals surface area contributed by atoms with Gasteiger partial charge in [-0.05, 0) is 36.7 Å². The first-order chi connectivity index (χ1) is 13.6. The van der Waals surface area contributed by atoms with Gasteiger partial charge in [-0.3, -0.25) is 0 Å². The van der Waals surface area contributed by atoms with Crippen LogP contribution in [0.3, 0.4) is 0 Å². The Labute approximate surface area is 166 Å². The molecule has 1 aliphatic heterocycles. The van der Waals surface area contributed by atoms with Crippen molar-refractivity contribution < 1.29 is 4.74 Å². The molecule has 0 atom stereocenters. The van der Waals surface area contributed by atoms with Gasteiger partial charge in [0.15, 0.2) is 5.82 Å². The predicted molar refractivity (Wildman–Crippen MR) is 114 cm³/mol. The lowest BCUT2D eigenvalue weighted by Gasteiger charge is -2.39. The third-order valence-corrected chi connectivity index (χ3v) is 5.78. The number of nitrogens with zero attached hydrogens (tertiary/aromatic N) is 3. The number of pyridine rings is 1. The molecule has 1 aliphatic carbocycles. The van der Waals surface area contributed by atoms with Gasteiger partial charge in [0.1, 0.15) is 11.7 Å². The number of aliphatic imine (C=N–C) groups is 1. The Hall–Kier alpha value is -2.45. The minimum atomic E-state index is -0.155. The maximum atomic E-state index is 8.07. The Kier molecular flexibility index (Phi) is 6.64. The Morgan fingerprint density at radius 2 is 2.00 bits per heavy atom. The van der Waals surface area contributed by atoms with Crippen molar-refractivity contribution >= 4 is 23.7 Å². The van der Waals surface area contributed by atoms with Gasteiger partial charge in [0.25, 0.3) is 0 Å². The summed E-state index contributed by atoms with van der Waals surface area (Å²) in [7, 11) is 0. The van der Waals surface area contributed by atoms with Crippen LogP contribution >= 0.6 is 0 Å². The van der Waals surface area contributed by atoms with Crippen LogP contribution in [0.15, 0.2) is 23.3 Å². The highest BCUT2D eigenvalue weighted by Gasteiger charge is 2.36. The highest BCUT2D eigenvalue weighted by atomic mass is 16.5. The van der Waals surface area contributed by atoms with Crippen molar-refractivity contribution in [1.29, 1.82) is 5.41 Å². The van der Waals surface area contributed by atoms with Crippen LogP contribution in [0.5, 0.6) is 0 Å². The second-order valence-electron chi connectivity index (χ2n) is 7.45. The fourth-order valence-electron chi connectivity index (χ4n) is 4.22. The molecule has 0 aromatic carbocycles. The van der Waals surface area contributed by atoms with Crippen molar-refractivity contribution in [2.24, 2.45) is 22.2 Å². The van der Waals surface area contributed by atoms with Gasteiger partial charge in [-0.15, -0.1) is 0 Å². The van der Waals surface area contributed by atoms with E-state index in [-0.39, 0.29) is 11.3 Å². The molecule has 2 fully saturated rings. The number of nitrogens with one attached hydrogen (secondary N) is 1. The zero-order valence-corrected chi connectivity index (χ0v) is 16.4. The van der Waals surface area contributed by atoms with Crippen molar-refractivity contribution in [1.82, 2.24) is 4.98 Å². The molecule has 1 saturated heterocycles. The number of anilines is 1. The average Bonchev–Trinajstić information content (AvgIpc) is 2.74. The molecule has 0 unspecified atom stereocenters. The van der Waals surface area contributed by atoms with Crippen LogP contribution in [0.2, 0.25) is 0 Å². The van der Waals surface area contributed by atoms with Crippen LogP contribution < -0.4 is 22.1 Å². The van der Waals surface area contributed by atoms with Gasteiger partial charge in [-0.2, -0.15) is 0 Å². The maximum Gasteiger partial charge on any atom is 0.165 e. The van der Waals surface area contributed by atoms with E-state index < -0.39 is 0 Å². The molecular formula is C20H31N7O. The number of hydrogen-bond acceptors (Lipinski definition) is 7. The summed E-state index contributed by atoms with van der Waals surface area (Å²) in [4.78, 5) is 11.4. The standard InChI is InChI=1S/C20H31N7O/c21-7-4-17(24)25-19-15(13-22)16(20(14-23)5-2-1-3-6-20)12-18(26-19)27-8-10-28-11-9-27/h4,7,12-13,22H,1-3,5-6,8-11,14,21,23H2,(H2,24,25,26)/b7-4-,22-13?. The molecule has 1 saturated carbocycles. The summed E-state index contributed by atoms with van der Waals surface area (Å²) < 4.78 is 5.48. The minimum absolute atomic E-state index is 0.155. The summed E-state index contributed by atoms with van der Waals surface area (Å²) in [6.07, 6.45) is 9.73. The molecule has 7 N–H and O–H groups in total. The highest BCUT2D eigenvalue weighted by Crippen LogP contribution is 2.42. The lowest BCUT2D eigenvalue weighted by molar-refractivity contribution is 0.122. The van der Waals surface area contributed by atoms with Crippen molar-refractivity contribution in [3.63, 3.8) is 0 Å². The third kappa shape index (κ3) is 4.18. The number of rotatable bonds is 6. The van der Waals surface area contributed by atoms with Crippen LogP contribution in [0, 0.1) is 5.41 Å². The first-order valence-electron chi connectivity index (χ1n) is 9.95. The molecule has 0 radical (unpaired) electrons. The maximum absolute atomic E-state index is 8.07. The van der Waals surface area contributed by atoms with Crippen LogP contribution in [0.4, 0.5) is 11.6 Å². The molecule has 8 nitrogen and oxygen atoms in total. The fraction of sp³-hybridized carbons (Fsp3) is 0.550. The van der Waals surface area contributed by atoms with E-state index in [2.05, 4.69) is 16.0 Å². The van der Waals surface area contributed by atoms with Crippen molar-refractivity contribution in [3.8, 4) is 0 Å². The number of ether oxygens (including phenoxy) is 1. The zero-order chi connectivity index (χ0) is 20.0. The summed E-state index contributed by atoms with van der Waals surface area (Å²) in [6, 6.07) is 2.11. The summed E-state index contributed by atoms with van der Waals surface area (Å²) >= 11 is 0. The molecule has 1 aromatic rings. The van der Waals surface area contributed by atoms with Gasteiger partial charge in [-0.1, -0.05) is 19.3 Å². The predicted octanol–water partition coefficient (Wildman–Crippen LogP) is 1.54. The minimum Gasteiger partial charge on any atom is -0.404 e. The first-order valence-corrected chi connectivity index (χ1v) is 9.95. The monoisotopic (exact) mass is 385 g/mol. The first kappa shape index (κ1) is 20.3. The van der Waals surface area contributed by atoms with E-state index in [0.717, 1.165) is 50.2 Å². The molecule has 0 amide bonds. The second-order valence-corrected chi connectivity index (χ2v) is 7.45. The molecule has 3 rings (SSSR count). The topological polar surface area (TPSA) is 140 Å². The highest BCUT2D eigenvalue weighted by molar-refractivity contribution is 5.96. The van der Waals surface area contributed by atoms with E-state index in [1.807, 2.05) is 0 Å². The Morgan fingerprint density at radius 3 is 2.61 bits per heavy atom. The molecule has 28 heavy (non-hydrogen) atoms. The smallest absolute Gasteiger partial charge is 0.165 e. The molecule has 1 aromatic heterocycles. The molecule has 152 valence electrons. The number of amidine groups is 1. The van der Waals surface area contributed by atoms with Crippen LogP contribution in [-0.4, -0.2) is 49.9 Å². The molecule has 0 bridgehead atoms. The molecular weight excluding hydrogens is 354 g/mol. The van der Waals surface area contributed by atoms with E-state index in [4.69, 9.17) is 32.3 Å². The summed E-state index contributed by atoms with van der Waals surface area (Å²) in [5, 5.41) is 8.07. The lowest BCUT2D eigenvalue weighted by atomic mass is 9.68. The van der Waals surface area contributed by atoms with Gasteiger partial charge in [0, 0.05) is 36.8 Å². The third-order valence-electron chi connectivity index (χ3n) is 5.78. The number of hydrogen-bond donors (Lipinski definition) is 4. The Balaban J connectivity index is 2.17. The van der Waals surface area contributed by atoms with E-state index >= 15 is 0 Å². The van der Waals surface area contributed by atoms with E-state index in [1.165, 1.54) is 24.9 Å². The van der Waals surface area contributed by atoms with Crippen molar-refractivity contribution in [2.75, 3.05) is 37.7 Å². The summed E-state index contributed by atoms with van der Waals surface area (Å²) in [5.74, 6) is 1.54. The van der Waals surface area contributed by atoms with Gasteiger partial charge >= 0.3 is 0 Å². The second kappa shape index (κ2) is 9.16. The molecule has 2 aliphatic rings. The lowest BCUT2D eigenvalue weighted by Crippen LogP contribution is -2.40. The van der Waals surface area contributed by atoms with E-state index in [1.54, 1.807) is 0 Å². The average molecular weight is 386 g/mol. The van der Waals surface area contributed by atoms with Gasteiger partial charge in [-0.25, -0.2) is 9.98 Å². The van der Waals surface area contributed by atoms with E-state index in [9.17, 15) is 0 Å². The van der Waals surface area contributed by atoms with E-state index in [0.29, 0.717) is 31.1 Å². The Bertz CT molecular complexity index is 747. The van der Waals surface area contributed by atoms with Gasteiger partial charge < -0.3 is 32.2 Å². The number of morpholine rings is 1. The quantitative estimate of drug-likeness (QED) is 0.432. The fourth-order valence-corrected chi connectivity index (χ4v) is 4.22. The van der Waals surface area contributed by atoms with Crippen molar-refractivity contribution in [2.45, 2.75) is 37.5 Å². The van der Waals surface area contributed by atoms with Crippen LogP contribution in [-0.2, 0) is 10.2 Å². The van der Waals surface area contributed by atoms with Crippen LogP contribution in [0.1, 0.15) is 43.2 Å². The summed E-state index contributed by atoms with van der Waals surface area (Å²) in [6.45, 7) is 3.42.